The lowest BCUT2D eigenvalue weighted by Gasteiger charge is -2.00. The lowest BCUT2D eigenvalue weighted by Crippen LogP contribution is -1.95. The highest BCUT2D eigenvalue weighted by Gasteiger charge is 2.00. The van der Waals surface area contributed by atoms with Crippen LogP contribution in [0.15, 0.2) is 39.5 Å². The number of nitrogens with zero attached hydrogens (tertiary/aromatic N) is 1. The number of hydrogen-bond acceptors (Lipinski definition) is 4. The molecule has 0 fully saturated rings. The first kappa shape index (κ1) is 9.67. The van der Waals surface area contributed by atoms with Crippen molar-refractivity contribution in [1.82, 2.24) is 10.2 Å². The molecule has 0 saturated carbocycles. The number of aromatic amines is 1. The minimum atomic E-state index is -0.562. The van der Waals surface area contributed by atoms with Gasteiger partial charge in [0, 0.05) is 0 Å². The van der Waals surface area contributed by atoms with Crippen molar-refractivity contribution >= 4 is 0 Å². The Kier molecular flexibility index (Phi) is 2.94. The van der Waals surface area contributed by atoms with Crippen molar-refractivity contribution in [1.29, 1.82) is 0 Å². The number of benzene rings is 1. The van der Waals surface area contributed by atoms with E-state index in [-0.39, 0.29) is 12.5 Å². The zero-order valence-corrected chi connectivity index (χ0v) is 7.97. The molecule has 0 aliphatic rings. The summed E-state index contributed by atoms with van der Waals surface area (Å²) in [7, 11) is 0. The molecule has 0 bridgehead atoms. The van der Waals surface area contributed by atoms with Crippen molar-refractivity contribution in [2.45, 2.75) is 13.2 Å². The molecule has 0 aliphatic heterocycles. The summed E-state index contributed by atoms with van der Waals surface area (Å²) in [6.45, 7) is 0.658. The topological polar surface area (TPSA) is 68.1 Å². The van der Waals surface area contributed by atoms with Crippen molar-refractivity contribution in [2.24, 2.45) is 0 Å². The van der Waals surface area contributed by atoms with Crippen LogP contribution < -0.4 is 5.76 Å². The second kappa shape index (κ2) is 4.56. The maximum Gasteiger partial charge on any atom is 0.434 e. The van der Waals surface area contributed by atoms with E-state index >= 15 is 0 Å². The van der Waals surface area contributed by atoms with E-state index in [0.29, 0.717) is 6.61 Å². The Balaban J connectivity index is 1.83. The van der Waals surface area contributed by atoms with Crippen molar-refractivity contribution in [2.75, 3.05) is 0 Å². The fraction of sp³-hybridized carbons (Fsp3) is 0.200. The van der Waals surface area contributed by atoms with Crippen molar-refractivity contribution < 1.29 is 9.15 Å². The largest absolute Gasteiger partial charge is 0.434 e. The molecule has 5 nitrogen and oxygen atoms in total. The first-order chi connectivity index (χ1) is 7.34. The molecule has 0 saturated heterocycles. The molecule has 15 heavy (non-hydrogen) atoms. The van der Waals surface area contributed by atoms with E-state index in [1.165, 1.54) is 0 Å². The van der Waals surface area contributed by atoms with Gasteiger partial charge in [-0.05, 0) is 5.56 Å². The summed E-state index contributed by atoms with van der Waals surface area (Å²) in [5, 5.41) is 5.78. The predicted octanol–water partition coefficient (Wildman–Crippen LogP) is 1.08. The number of ether oxygens (including phenoxy) is 1. The molecule has 0 atom stereocenters. The lowest BCUT2D eigenvalue weighted by molar-refractivity contribution is 0.0886. The van der Waals surface area contributed by atoms with Crippen LogP contribution >= 0.6 is 0 Å². The molecular formula is C10H10N2O3. The monoisotopic (exact) mass is 206 g/mol. The van der Waals surface area contributed by atoms with Crippen molar-refractivity contribution in [3.63, 3.8) is 0 Å². The maximum absolute atomic E-state index is 10.6. The third-order valence-corrected chi connectivity index (χ3v) is 1.82. The molecule has 0 spiro atoms. The van der Waals surface area contributed by atoms with Gasteiger partial charge in [-0.25, -0.2) is 9.89 Å². The van der Waals surface area contributed by atoms with Gasteiger partial charge < -0.3 is 9.15 Å². The van der Waals surface area contributed by atoms with Crippen LogP contribution in [0.1, 0.15) is 11.5 Å². The number of nitrogens with one attached hydrogen (secondary N) is 1. The summed E-state index contributed by atoms with van der Waals surface area (Å²) >= 11 is 0. The Morgan fingerprint density at radius 3 is 2.73 bits per heavy atom. The molecule has 1 aromatic carbocycles. The molecule has 1 aromatic heterocycles. The lowest BCUT2D eigenvalue weighted by atomic mass is 10.2. The fourth-order valence-corrected chi connectivity index (χ4v) is 1.15. The van der Waals surface area contributed by atoms with E-state index in [1.807, 2.05) is 30.3 Å². The van der Waals surface area contributed by atoms with Crippen LogP contribution in [0, 0.1) is 0 Å². The molecule has 1 heterocycles. The Morgan fingerprint density at radius 1 is 1.27 bits per heavy atom. The second-order valence-electron chi connectivity index (χ2n) is 2.99. The molecule has 0 unspecified atom stereocenters. The molecule has 78 valence electrons. The van der Waals surface area contributed by atoms with Crippen LogP contribution in [-0.2, 0) is 18.0 Å². The van der Waals surface area contributed by atoms with Crippen LogP contribution in [0.25, 0.3) is 0 Å². The van der Waals surface area contributed by atoms with Crippen LogP contribution in [0.4, 0.5) is 0 Å². The quantitative estimate of drug-likeness (QED) is 0.812. The summed E-state index contributed by atoms with van der Waals surface area (Å²) in [6, 6.07) is 9.73. The van der Waals surface area contributed by atoms with Crippen molar-refractivity contribution in [3.8, 4) is 0 Å². The third-order valence-electron chi connectivity index (χ3n) is 1.82. The highest BCUT2D eigenvalue weighted by molar-refractivity contribution is 5.13. The summed E-state index contributed by atoms with van der Waals surface area (Å²) in [6.07, 6.45) is 0. The minimum Gasteiger partial charge on any atom is -0.390 e. The first-order valence-electron chi connectivity index (χ1n) is 4.50. The summed E-state index contributed by atoms with van der Waals surface area (Å²) < 4.78 is 9.98. The van der Waals surface area contributed by atoms with Gasteiger partial charge in [0.05, 0.1) is 6.61 Å². The van der Waals surface area contributed by atoms with E-state index < -0.39 is 5.76 Å². The van der Waals surface area contributed by atoms with Gasteiger partial charge in [-0.15, -0.1) is 5.10 Å². The Hall–Kier alpha value is -1.88. The molecule has 0 aliphatic carbocycles. The number of aromatic nitrogens is 2. The smallest absolute Gasteiger partial charge is 0.390 e. The number of rotatable bonds is 4. The molecular weight excluding hydrogens is 196 g/mol. The maximum atomic E-state index is 10.6. The Morgan fingerprint density at radius 2 is 2.07 bits per heavy atom. The van der Waals surface area contributed by atoms with Gasteiger partial charge in [0.1, 0.15) is 6.61 Å². The van der Waals surface area contributed by atoms with E-state index in [1.54, 1.807) is 0 Å². The summed E-state index contributed by atoms with van der Waals surface area (Å²) in [5.41, 5.74) is 1.07. The first-order valence-corrected chi connectivity index (χ1v) is 4.50. The van der Waals surface area contributed by atoms with Crippen LogP contribution in [0.2, 0.25) is 0 Å². The second-order valence-corrected chi connectivity index (χ2v) is 2.99. The third kappa shape index (κ3) is 2.78. The van der Waals surface area contributed by atoms with Gasteiger partial charge in [0.2, 0.25) is 5.89 Å². The Labute approximate surface area is 85.7 Å². The standard InChI is InChI=1S/C10H10N2O3/c13-10-12-11-9(15-10)7-14-6-8-4-2-1-3-5-8/h1-5H,6-7H2,(H,12,13). The van der Waals surface area contributed by atoms with E-state index in [2.05, 4.69) is 14.6 Å². The van der Waals surface area contributed by atoms with E-state index in [9.17, 15) is 4.79 Å². The van der Waals surface area contributed by atoms with Gasteiger partial charge in [-0.1, -0.05) is 30.3 Å². The highest BCUT2D eigenvalue weighted by atomic mass is 16.5. The number of hydrogen-bond donors (Lipinski definition) is 1. The number of H-pyrrole nitrogens is 1. The van der Waals surface area contributed by atoms with E-state index in [4.69, 9.17) is 4.74 Å². The molecule has 2 aromatic rings. The summed E-state index contributed by atoms with van der Waals surface area (Å²) in [4.78, 5) is 10.6. The SMILES string of the molecule is O=c1[nH]nc(COCc2ccccc2)o1. The average molecular weight is 206 g/mol. The molecule has 2 rings (SSSR count). The van der Waals surface area contributed by atoms with Crippen LogP contribution in [-0.4, -0.2) is 10.2 Å². The summed E-state index contributed by atoms with van der Waals surface area (Å²) in [5.74, 6) is -0.302. The van der Waals surface area contributed by atoms with Gasteiger partial charge in [0.25, 0.3) is 0 Å². The molecule has 1 N–H and O–H groups in total. The van der Waals surface area contributed by atoms with Gasteiger partial charge in [-0.3, -0.25) is 0 Å². The molecule has 0 amide bonds. The Bertz CT molecular complexity index is 461. The van der Waals surface area contributed by atoms with Crippen LogP contribution in [0.3, 0.4) is 0 Å². The normalized spacial score (nSPS) is 10.4. The molecule has 0 radical (unpaired) electrons. The van der Waals surface area contributed by atoms with Crippen LogP contribution in [0.5, 0.6) is 0 Å². The average Bonchev–Trinajstić information content (AvgIpc) is 2.66. The van der Waals surface area contributed by atoms with E-state index in [0.717, 1.165) is 5.56 Å². The fourth-order valence-electron chi connectivity index (χ4n) is 1.15. The highest BCUT2D eigenvalue weighted by Crippen LogP contribution is 2.02. The van der Waals surface area contributed by atoms with Gasteiger partial charge >= 0.3 is 5.76 Å². The van der Waals surface area contributed by atoms with Gasteiger partial charge in [-0.2, -0.15) is 0 Å². The minimum absolute atomic E-state index is 0.188. The molecule has 5 heteroatoms. The van der Waals surface area contributed by atoms with Gasteiger partial charge in [0.15, 0.2) is 0 Å². The zero-order valence-electron chi connectivity index (χ0n) is 7.97. The zero-order chi connectivity index (χ0) is 10.5. The predicted molar refractivity (Wildman–Crippen MR) is 52.1 cm³/mol. The van der Waals surface area contributed by atoms with Crippen molar-refractivity contribution in [3.05, 3.63) is 52.3 Å².